The number of rotatable bonds is 14. The molecular formula is C18H33Br. The van der Waals surface area contributed by atoms with Crippen LogP contribution in [0.5, 0.6) is 0 Å². The average molecular weight is 329 g/mol. The SMILES string of the molecule is CCCCCCCCCCCCCC/C=C/C=C/Br. The Hall–Kier alpha value is -0.0400. The molecule has 0 bridgehead atoms. The molecule has 0 aliphatic heterocycles. The van der Waals surface area contributed by atoms with Crippen LogP contribution in [0.15, 0.2) is 23.2 Å². The summed E-state index contributed by atoms with van der Waals surface area (Å²) in [5.41, 5.74) is 0. The molecule has 0 fully saturated rings. The molecular weight excluding hydrogens is 296 g/mol. The number of hydrogen-bond donors (Lipinski definition) is 0. The molecule has 1 heteroatoms. The Labute approximate surface area is 129 Å². The molecule has 19 heavy (non-hydrogen) atoms. The summed E-state index contributed by atoms with van der Waals surface area (Å²) in [6.45, 7) is 2.29. The lowest BCUT2D eigenvalue weighted by Crippen LogP contribution is -1.82. The number of hydrogen-bond acceptors (Lipinski definition) is 0. The highest BCUT2D eigenvalue weighted by Crippen LogP contribution is 2.12. The molecule has 0 N–H and O–H groups in total. The third kappa shape index (κ3) is 18.0. The van der Waals surface area contributed by atoms with Crippen LogP contribution >= 0.6 is 15.9 Å². The van der Waals surface area contributed by atoms with Gasteiger partial charge in [-0.2, -0.15) is 0 Å². The van der Waals surface area contributed by atoms with E-state index in [-0.39, 0.29) is 0 Å². The Bertz CT molecular complexity index is 206. The molecule has 0 nitrogen and oxygen atoms in total. The first kappa shape index (κ1) is 19.0. The Kier molecular flexibility index (Phi) is 17.9. The van der Waals surface area contributed by atoms with E-state index in [2.05, 4.69) is 35.0 Å². The van der Waals surface area contributed by atoms with Crippen LogP contribution in [-0.4, -0.2) is 0 Å². The van der Waals surface area contributed by atoms with Gasteiger partial charge in [-0.1, -0.05) is 112 Å². The van der Waals surface area contributed by atoms with E-state index in [4.69, 9.17) is 0 Å². The zero-order chi connectivity index (χ0) is 14.0. The van der Waals surface area contributed by atoms with Crippen molar-refractivity contribution in [3.8, 4) is 0 Å². The van der Waals surface area contributed by atoms with Crippen LogP contribution in [-0.2, 0) is 0 Å². The molecule has 0 aromatic rings. The molecule has 0 atom stereocenters. The maximum Gasteiger partial charge on any atom is -0.0189 e. The van der Waals surface area contributed by atoms with Crippen LogP contribution < -0.4 is 0 Å². The summed E-state index contributed by atoms with van der Waals surface area (Å²) in [6, 6.07) is 0. The first-order valence-corrected chi connectivity index (χ1v) is 9.25. The van der Waals surface area contributed by atoms with Gasteiger partial charge in [0.15, 0.2) is 0 Å². The third-order valence-electron chi connectivity index (χ3n) is 3.54. The third-order valence-corrected chi connectivity index (χ3v) is 3.85. The molecule has 0 aliphatic rings. The number of allylic oxidation sites excluding steroid dienone is 3. The lowest BCUT2D eigenvalue weighted by atomic mass is 10.0. The molecule has 0 heterocycles. The minimum atomic E-state index is 1.23. The fraction of sp³-hybridized carbons (Fsp3) is 0.778. The number of halogens is 1. The van der Waals surface area contributed by atoms with Gasteiger partial charge in [-0.3, -0.25) is 0 Å². The summed E-state index contributed by atoms with van der Waals surface area (Å²) in [5.74, 6) is 0. The van der Waals surface area contributed by atoms with Crippen molar-refractivity contribution in [1.29, 1.82) is 0 Å². The van der Waals surface area contributed by atoms with E-state index in [0.717, 1.165) is 0 Å². The Morgan fingerprint density at radius 3 is 1.58 bits per heavy atom. The molecule has 0 saturated carbocycles. The predicted octanol–water partition coefficient (Wildman–Crippen LogP) is 7.54. The summed E-state index contributed by atoms with van der Waals surface area (Å²) in [5, 5.41) is 0. The van der Waals surface area contributed by atoms with Crippen molar-refractivity contribution in [2.45, 2.75) is 90.4 Å². The normalized spacial score (nSPS) is 11.9. The van der Waals surface area contributed by atoms with Crippen molar-refractivity contribution < 1.29 is 0 Å². The Balaban J connectivity index is 2.99. The Morgan fingerprint density at radius 2 is 1.11 bits per heavy atom. The highest BCUT2D eigenvalue weighted by molar-refractivity contribution is 9.11. The first-order valence-electron chi connectivity index (χ1n) is 8.33. The van der Waals surface area contributed by atoms with Crippen molar-refractivity contribution in [2.24, 2.45) is 0 Å². The molecule has 0 radical (unpaired) electrons. The zero-order valence-corrected chi connectivity index (χ0v) is 14.5. The standard InChI is InChI=1S/C18H33Br/c1-2-3-4-5-6-7-8-9-10-11-12-13-14-15-16-17-18-19/h15-18H,2-14H2,1H3/b16-15+,18-17+. The lowest BCUT2D eigenvalue weighted by Gasteiger charge is -2.02. The summed E-state index contributed by atoms with van der Waals surface area (Å²) in [7, 11) is 0. The van der Waals surface area contributed by atoms with E-state index in [1.54, 1.807) is 0 Å². The lowest BCUT2D eigenvalue weighted by molar-refractivity contribution is 0.545. The van der Waals surface area contributed by atoms with Crippen molar-refractivity contribution in [3.05, 3.63) is 23.2 Å². The van der Waals surface area contributed by atoms with E-state index in [0.29, 0.717) is 0 Å². The van der Waals surface area contributed by atoms with Gasteiger partial charge in [0.1, 0.15) is 0 Å². The maximum absolute atomic E-state index is 3.26. The van der Waals surface area contributed by atoms with Crippen molar-refractivity contribution in [3.63, 3.8) is 0 Å². The molecule has 0 unspecified atom stereocenters. The summed E-state index contributed by atoms with van der Waals surface area (Å²) in [4.78, 5) is 1.89. The summed E-state index contributed by atoms with van der Waals surface area (Å²) >= 11 is 3.26. The minimum absolute atomic E-state index is 1.23. The zero-order valence-electron chi connectivity index (χ0n) is 12.9. The van der Waals surface area contributed by atoms with Crippen LogP contribution in [0.4, 0.5) is 0 Å². The molecule has 0 amide bonds. The first-order chi connectivity index (χ1) is 9.41. The van der Waals surface area contributed by atoms with Gasteiger partial charge in [0, 0.05) is 0 Å². The van der Waals surface area contributed by atoms with Gasteiger partial charge in [0.25, 0.3) is 0 Å². The molecule has 0 rings (SSSR count). The fourth-order valence-electron chi connectivity index (χ4n) is 2.32. The Morgan fingerprint density at radius 1 is 0.632 bits per heavy atom. The van der Waals surface area contributed by atoms with E-state index in [1.807, 2.05) is 11.1 Å². The molecule has 0 aromatic heterocycles. The van der Waals surface area contributed by atoms with Crippen molar-refractivity contribution >= 4 is 15.9 Å². The van der Waals surface area contributed by atoms with Crippen molar-refractivity contribution in [1.82, 2.24) is 0 Å². The summed E-state index contributed by atoms with van der Waals surface area (Å²) in [6.07, 6.45) is 24.8. The highest BCUT2D eigenvalue weighted by Gasteiger charge is 1.92. The van der Waals surface area contributed by atoms with Crippen LogP contribution in [0, 0.1) is 0 Å². The quantitative estimate of drug-likeness (QED) is 0.228. The van der Waals surface area contributed by atoms with Gasteiger partial charge in [-0.05, 0) is 17.8 Å². The van der Waals surface area contributed by atoms with Crippen molar-refractivity contribution in [2.75, 3.05) is 0 Å². The molecule has 0 spiro atoms. The van der Waals surface area contributed by atoms with Gasteiger partial charge in [0.2, 0.25) is 0 Å². The van der Waals surface area contributed by atoms with Crippen LogP contribution in [0.2, 0.25) is 0 Å². The number of unbranched alkanes of at least 4 members (excludes halogenated alkanes) is 12. The second kappa shape index (κ2) is 18.0. The predicted molar refractivity (Wildman–Crippen MR) is 92.9 cm³/mol. The van der Waals surface area contributed by atoms with Crippen LogP contribution in [0.1, 0.15) is 90.4 Å². The van der Waals surface area contributed by atoms with E-state index in [1.165, 1.54) is 83.5 Å². The second-order valence-corrected chi connectivity index (χ2v) is 5.95. The average Bonchev–Trinajstić information content (AvgIpc) is 2.43. The van der Waals surface area contributed by atoms with Crippen LogP contribution in [0.25, 0.3) is 0 Å². The van der Waals surface area contributed by atoms with E-state index < -0.39 is 0 Å². The van der Waals surface area contributed by atoms with Gasteiger partial charge >= 0.3 is 0 Å². The molecule has 0 saturated heterocycles. The van der Waals surface area contributed by atoms with Gasteiger partial charge in [-0.15, -0.1) is 0 Å². The smallest absolute Gasteiger partial charge is 0.0189 e. The van der Waals surface area contributed by atoms with E-state index >= 15 is 0 Å². The van der Waals surface area contributed by atoms with Gasteiger partial charge < -0.3 is 0 Å². The van der Waals surface area contributed by atoms with Gasteiger partial charge in [0.05, 0.1) is 0 Å². The molecule has 0 aromatic carbocycles. The second-order valence-electron chi connectivity index (χ2n) is 5.42. The monoisotopic (exact) mass is 328 g/mol. The maximum atomic E-state index is 3.26. The van der Waals surface area contributed by atoms with E-state index in [9.17, 15) is 0 Å². The molecule has 112 valence electrons. The largest absolute Gasteiger partial charge is 0.0845 e. The minimum Gasteiger partial charge on any atom is -0.0845 e. The highest BCUT2D eigenvalue weighted by atomic mass is 79.9. The van der Waals surface area contributed by atoms with Gasteiger partial charge in [-0.25, -0.2) is 0 Å². The molecule has 0 aliphatic carbocycles. The fourth-order valence-corrected chi connectivity index (χ4v) is 2.50. The van der Waals surface area contributed by atoms with Crippen LogP contribution in [0.3, 0.4) is 0 Å². The summed E-state index contributed by atoms with van der Waals surface area (Å²) < 4.78 is 0. The topological polar surface area (TPSA) is 0 Å².